The number of fused-ring (bicyclic) bond motifs is 5. The third-order valence-corrected chi connectivity index (χ3v) is 10.7. The van der Waals surface area contributed by atoms with Crippen LogP contribution in [0.4, 0.5) is 19.1 Å². The van der Waals surface area contributed by atoms with E-state index in [0.29, 0.717) is 29.4 Å². The largest absolute Gasteiger partial charge is 0.573 e. The molecule has 16 heteroatoms. The average Bonchev–Trinajstić information content (AvgIpc) is 3.52. The lowest BCUT2D eigenvalue weighted by molar-refractivity contribution is -0.274. The highest BCUT2D eigenvalue weighted by Gasteiger charge is 2.38. The van der Waals surface area contributed by atoms with Gasteiger partial charge < -0.3 is 24.7 Å². The fourth-order valence-electron chi connectivity index (χ4n) is 6.62. The van der Waals surface area contributed by atoms with Gasteiger partial charge in [0.25, 0.3) is 21.8 Å². The lowest BCUT2D eigenvalue weighted by Gasteiger charge is -2.41. The van der Waals surface area contributed by atoms with Crippen molar-refractivity contribution in [3.8, 4) is 22.9 Å². The number of aromatic amines is 1. The van der Waals surface area contributed by atoms with Crippen molar-refractivity contribution in [2.45, 2.75) is 37.9 Å². The summed E-state index contributed by atoms with van der Waals surface area (Å²) in [7, 11) is -4.19. The molecule has 52 heavy (non-hydrogen) atoms. The van der Waals surface area contributed by atoms with Crippen LogP contribution in [0.3, 0.4) is 0 Å². The lowest BCUT2D eigenvalue weighted by atomic mass is 9.78. The molecule has 1 spiro atoms. The van der Waals surface area contributed by atoms with Gasteiger partial charge in [-0.05, 0) is 74.2 Å². The van der Waals surface area contributed by atoms with Gasteiger partial charge in [0.1, 0.15) is 11.4 Å². The maximum Gasteiger partial charge on any atom is 0.573 e. The van der Waals surface area contributed by atoms with Gasteiger partial charge in [-0.1, -0.05) is 24.3 Å². The molecule has 4 heterocycles. The molecule has 0 radical (unpaired) electrons. The molecule has 0 atom stereocenters. The molecule has 0 aliphatic carbocycles. The standard InChI is InChI=1S/C36H33F3N6O6S/c1-21-5-3-6-22(2)31(21)28-18-30-43-34(42-28)44-52(48,49)26-8-4-7-24(15-26)32(46)40-19-35(20-50-30)11-13-45(14-12-35)33(47)29-16-23-9-10-25(17-27(23)41-29)51-36(37,38)39/h3-10,15-18,41H,11-14,19-20H2,1-2H3,(H,40,46)(H,42,43,44). The molecule has 12 nitrogen and oxygen atoms in total. The monoisotopic (exact) mass is 734 g/mol. The number of nitrogens with zero attached hydrogens (tertiary/aromatic N) is 3. The number of rotatable bonds is 3. The summed E-state index contributed by atoms with van der Waals surface area (Å²) < 4.78 is 77.9. The van der Waals surface area contributed by atoms with Crippen LogP contribution in [0.15, 0.2) is 77.7 Å². The highest BCUT2D eigenvalue weighted by Crippen LogP contribution is 2.35. The third-order valence-electron chi connectivity index (χ3n) is 9.39. The number of aromatic nitrogens is 3. The summed E-state index contributed by atoms with van der Waals surface area (Å²) in [6, 6.07) is 18.4. The van der Waals surface area contributed by atoms with Crippen LogP contribution in [0, 0.1) is 19.3 Å². The fraction of sp³-hybridized carbons (Fsp3) is 0.278. The Morgan fingerprint density at radius 1 is 0.962 bits per heavy atom. The molecule has 5 aromatic rings. The summed E-state index contributed by atoms with van der Waals surface area (Å²) in [5, 5.41) is 3.48. The van der Waals surface area contributed by atoms with Crippen LogP contribution in [0.5, 0.6) is 11.6 Å². The van der Waals surface area contributed by atoms with E-state index >= 15 is 0 Å². The number of benzene rings is 3. The normalized spacial score (nSPS) is 17.1. The van der Waals surface area contributed by atoms with Gasteiger partial charge in [-0.15, -0.1) is 13.2 Å². The number of hydrogen-bond acceptors (Lipinski definition) is 8. The molecule has 3 aromatic carbocycles. The van der Waals surface area contributed by atoms with Crippen molar-refractivity contribution in [3.63, 3.8) is 0 Å². The number of halogens is 3. The average molecular weight is 735 g/mol. The summed E-state index contributed by atoms with van der Waals surface area (Å²) in [4.78, 5) is 40.3. The first-order valence-electron chi connectivity index (χ1n) is 16.3. The van der Waals surface area contributed by atoms with Gasteiger partial charge in [0.2, 0.25) is 11.8 Å². The zero-order valence-corrected chi connectivity index (χ0v) is 28.8. The quantitative estimate of drug-likeness (QED) is 0.204. The highest BCUT2D eigenvalue weighted by molar-refractivity contribution is 7.92. The van der Waals surface area contributed by atoms with Crippen molar-refractivity contribution in [1.82, 2.24) is 25.2 Å². The van der Waals surface area contributed by atoms with Crippen molar-refractivity contribution < 1.29 is 40.7 Å². The van der Waals surface area contributed by atoms with E-state index in [1.165, 1.54) is 42.5 Å². The Morgan fingerprint density at radius 2 is 1.69 bits per heavy atom. The van der Waals surface area contributed by atoms with Gasteiger partial charge in [-0.25, -0.2) is 18.1 Å². The van der Waals surface area contributed by atoms with Crippen LogP contribution < -0.4 is 19.5 Å². The number of sulfonamides is 1. The van der Waals surface area contributed by atoms with Gasteiger partial charge >= 0.3 is 6.36 Å². The number of nitrogens with one attached hydrogen (secondary N) is 3. The van der Waals surface area contributed by atoms with Crippen LogP contribution in [0.25, 0.3) is 22.2 Å². The number of hydrogen-bond donors (Lipinski definition) is 3. The van der Waals surface area contributed by atoms with Gasteiger partial charge in [0.05, 0.1) is 17.2 Å². The van der Waals surface area contributed by atoms with Crippen molar-refractivity contribution in [1.29, 1.82) is 0 Å². The first-order chi connectivity index (χ1) is 24.7. The van der Waals surface area contributed by atoms with E-state index in [9.17, 15) is 31.2 Å². The summed E-state index contributed by atoms with van der Waals surface area (Å²) in [6.45, 7) is 4.64. The summed E-state index contributed by atoms with van der Waals surface area (Å²) >= 11 is 0. The lowest BCUT2D eigenvalue weighted by Crippen LogP contribution is -2.50. The number of piperidine rings is 1. The number of H-pyrrole nitrogens is 1. The molecule has 0 saturated carbocycles. The van der Waals surface area contributed by atoms with Crippen LogP contribution >= 0.6 is 0 Å². The molecule has 4 bridgehead atoms. The van der Waals surface area contributed by atoms with Crippen LogP contribution in [0.2, 0.25) is 0 Å². The first kappa shape index (κ1) is 34.8. The van der Waals surface area contributed by atoms with E-state index < -0.39 is 33.5 Å². The van der Waals surface area contributed by atoms with E-state index in [-0.39, 0.29) is 60.1 Å². The third kappa shape index (κ3) is 7.24. The summed E-state index contributed by atoms with van der Waals surface area (Å²) in [5.41, 5.74) is 3.09. The second kappa shape index (κ2) is 13.2. The maximum atomic E-state index is 13.6. The molecule has 3 N–H and O–H groups in total. The second-order valence-electron chi connectivity index (χ2n) is 13.1. The Kier molecular flexibility index (Phi) is 8.80. The molecule has 1 saturated heterocycles. The Morgan fingerprint density at radius 3 is 2.42 bits per heavy atom. The predicted molar refractivity (Wildman–Crippen MR) is 185 cm³/mol. The Bertz CT molecular complexity index is 2300. The Balaban J connectivity index is 1.18. The number of ether oxygens (including phenoxy) is 2. The maximum absolute atomic E-state index is 13.6. The molecule has 2 aromatic heterocycles. The number of carbonyl (C=O) groups excluding carboxylic acids is 2. The molecular formula is C36H33F3N6O6S. The smallest absolute Gasteiger partial charge is 0.477 e. The van der Waals surface area contributed by atoms with E-state index in [4.69, 9.17) is 4.74 Å². The van der Waals surface area contributed by atoms with Crippen molar-refractivity contribution in [2.24, 2.45) is 5.41 Å². The number of amides is 2. The topological polar surface area (TPSA) is 156 Å². The zero-order valence-electron chi connectivity index (χ0n) is 28.0. The van der Waals surface area contributed by atoms with Gasteiger partial charge in [0, 0.05) is 59.2 Å². The van der Waals surface area contributed by atoms with E-state index in [1.54, 1.807) is 17.0 Å². The molecular weight excluding hydrogens is 701 g/mol. The van der Waals surface area contributed by atoms with Crippen LogP contribution in [-0.4, -0.2) is 72.7 Å². The molecule has 2 aliphatic heterocycles. The molecule has 2 amide bonds. The van der Waals surface area contributed by atoms with Crippen molar-refractivity contribution >= 4 is 38.7 Å². The minimum atomic E-state index is -4.85. The van der Waals surface area contributed by atoms with Gasteiger partial charge in [-0.2, -0.15) is 4.98 Å². The Hall–Kier alpha value is -5.64. The molecule has 0 unspecified atom stereocenters. The number of aryl methyl sites for hydroxylation is 2. The predicted octanol–water partition coefficient (Wildman–Crippen LogP) is 5.99. The fourth-order valence-corrected chi connectivity index (χ4v) is 7.61. The van der Waals surface area contributed by atoms with Crippen LogP contribution in [0.1, 0.15) is 44.8 Å². The number of likely N-dealkylation sites (tertiary alicyclic amines) is 1. The first-order valence-corrected chi connectivity index (χ1v) is 17.8. The van der Waals surface area contributed by atoms with Crippen molar-refractivity contribution in [3.05, 3.63) is 95.2 Å². The highest BCUT2D eigenvalue weighted by atomic mass is 32.2. The van der Waals surface area contributed by atoms with E-state index in [1.807, 2.05) is 32.0 Å². The minimum absolute atomic E-state index is 0.0686. The number of carbonyl (C=O) groups is 2. The zero-order chi connectivity index (χ0) is 36.8. The minimum Gasteiger partial charge on any atom is -0.477 e. The molecule has 2 aliphatic rings. The number of alkyl halides is 3. The van der Waals surface area contributed by atoms with Gasteiger partial charge in [0.15, 0.2) is 0 Å². The number of anilines is 1. The van der Waals surface area contributed by atoms with Gasteiger partial charge in [-0.3, -0.25) is 9.59 Å². The molecule has 1 fully saturated rings. The second-order valence-corrected chi connectivity index (χ2v) is 14.7. The Labute approximate surface area is 296 Å². The molecule has 270 valence electrons. The van der Waals surface area contributed by atoms with Crippen molar-refractivity contribution in [2.75, 3.05) is 31.0 Å². The molecule has 7 rings (SSSR count). The van der Waals surface area contributed by atoms with E-state index in [2.05, 4.69) is 29.7 Å². The summed E-state index contributed by atoms with van der Waals surface area (Å²) in [5.74, 6) is -1.30. The van der Waals surface area contributed by atoms with Crippen LogP contribution in [-0.2, 0) is 10.0 Å². The SMILES string of the molecule is Cc1cccc(C)c1-c1cc2nc(n1)NS(=O)(=O)c1cccc(c1)C(=O)NCC1(CCN(C(=O)c3cc4ccc(OC(F)(F)F)cc4[nH]3)CC1)CO2. The van der Waals surface area contributed by atoms with E-state index in [0.717, 1.165) is 16.7 Å². The summed E-state index contributed by atoms with van der Waals surface area (Å²) in [6.07, 6.45) is -4.02.